The van der Waals surface area contributed by atoms with Crippen molar-refractivity contribution in [3.8, 4) is 0 Å². The van der Waals surface area contributed by atoms with Crippen molar-refractivity contribution in [1.82, 2.24) is 15.1 Å². The molecule has 1 aliphatic heterocycles. The molecular formula is C17H26FIN4O. The van der Waals surface area contributed by atoms with Gasteiger partial charge in [0.2, 0.25) is 5.91 Å². The smallest absolute Gasteiger partial charge is 0.244 e. The van der Waals surface area contributed by atoms with E-state index in [0.717, 1.165) is 31.5 Å². The number of carbonyl (C=O) groups excluding carboxylic acids is 1. The molecule has 1 heterocycles. The van der Waals surface area contributed by atoms with E-state index >= 15 is 0 Å². The van der Waals surface area contributed by atoms with Gasteiger partial charge in [-0.05, 0) is 37.5 Å². The molecule has 24 heavy (non-hydrogen) atoms. The summed E-state index contributed by atoms with van der Waals surface area (Å²) in [6.45, 7) is 5.05. The van der Waals surface area contributed by atoms with E-state index in [4.69, 9.17) is 0 Å². The molecular weight excluding hydrogens is 422 g/mol. The lowest BCUT2D eigenvalue weighted by Gasteiger charge is -2.22. The van der Waals surface area contributed by atoms with Crippen molar-refractivity contribution in [2.75, 3.05) is 33.2 Å². The third-order valence-electron chi connectivity index (χ3n) is 3.83. The molecule has 1 aromatic rings. The van der Waals surface area contributed by atoms with Crippen LogP contribution in [0, 0.1) is 5.82 Å². The van der Waals surface area contributed by atoms with E-state index < -0.39 is 0 Å². The molecule has 0 spiro atoms. The fourth-order valence-corrected chi connectivity index (χ4v) is 2.66. The summed E-state index contributed by atoms with van der Waals surface area (Å²) < 4.78 is 13.3. The number of guanidine groups is 1. The number of amides is 1. The normalized spacial score (nSPS) is 14.3. The van der Waals surface area contributed by atoms with Crippen LogP contribution in [0.25, 0.3) is 0 Å². The molecule has 0 bridgehead atoms. The molecule has 7 heteroatoms. The lowest BCUT2D eigenvalue weighted by molar-refractivity contribution is -0.128. The lowest BCUT2D eigenvalue weighted by atomic mass is 10.2. The number of hydrogen-bond acceptors (Lipinski definition) is 2. The predicted molar refractivity (Wildman–Crippen MR) is 105 cm³/mol. The van der Waals surface area contributed by atoms with Crippen molar-refractivity contribution in [1.29, 1.82) is 0 Å². The molecule has 134 valence electrons. The Bertz CT molecular complexity index is 561. The second-order valence-corrected chi connectivity index (χ2v) is 5.74. The molecule has 0 aromatic heterocycles. The van der Waals surface area contributed by atoms with Crippen LogP contribution in [-0.4, -0.2) is 54.9 Å². The van der Waals surface area contributed by atoms with E-state index in [1.807, 2.05) is 29.8 Å². The number of nitrogens with one attached hydrogen (secondary N) is 1. The van der Waals surface area contributed by atoms with Gasteiger partial charge >= 0.3 is 0 Å². The van der Waals surface area contributed by atoms with Gasteiger partial charge in [-0.3, -0.25) is 4.79 Å². The first-order valence-corrected chi connectivity index (χ1v) is 8.12. The number of rotatable bonds is 5. The minimum absolute atomic E-state index is 0. The van der Waals surface area contributed by atoms with Crippen molar-refractivity contribution in [3.05, 3.63) is 35.6 Å². The fraction of sp³-hybridized carbons (Fsp3) is 0.529. The quantitative estimate of drug-likeness (QED) is 0.428. The first-order valence-electron chi connectivity index (χ1n) is 8.12. The predicted octanol–water partition coefficient (Wildman–Crippen LogP) is 2.46. The van der Waals surface area contributed by atoms with Gasteiger partial charge in [0, 0.05) is 33.2 Å². The van der Waals surface area contributed by atoms with Crippen LogP contribution in [0.1, 0.15) is 25.3 Å². The highest BCUT2D eigenvalue weighted by atomic mass is 127. The average molecular weight is 448 g/mol. The summed E-state index contributed by atoms with van der Waals surface area (Å²) in [6, 6.07) is 6.50. The van der Waals surface area contributed by atoms with E-state index in [1.54, 1.807) is 6.07 Å². The van der Waals surface area contributed by atoms with Crippen molar-refractivity contribution in [2.45, 2.75) is 26.3 Å². The number of benzene rings is 1. The number of carbonyl (C=O) groups is 1. The van der Waals surface area contributed by atoms with Crippen molar-refractivity contribution in [2.24, 2.45) is 4.99 Å². The monoisotopic (exact) mass is 448 g/mol. The van der Waals surface area contributed by atoms with E-state index in [9.17, 15) is 9.18 Å². The number of likely N-dealkylation sites (tertiary alicyclic amines) is 1. The molecule has 1 fully saturated rings. The topological polar surface area (TPSA) is 47.9 Å². The van der Waals surface area contributed by atoms with Crippen LogP contribution in [0.5, 0.6) is 0 Å². The molecule has 1 saturated heterocycles. The Balaban J connectivity index is 0.00000288. The summed E-state index contributed by atoms with van der Waals surface area (Å²) >= 11 is 0. The summed E-state index contributed by atoms with van der Waals surface area (Å²) in [7, 11) is 1.88. The van der Waals surface area contributed by atoms with Gasteiger partial charge in [0.1, 0.15) is 12.4 Å². The Labute approximate surface area is 160 Å². The van der Waals surface area contributed by atoms with Crippen LogP contribution in [-0.2, 0) is 11.3 Å². The molecule has 2 rings (SSSR count). The van der Waals surface area contributed by atoms with Crippen LogP contribution < -0.4 is 5.32 Å². The maximum atomic E-state index is 13.3. The Morgan fingerprint density at radius 2 is 2.08 bits per heavy atom. The molecule has 1 aromatic carbocycles. The summed E-state index contributed by atoms with van der Waals surface area (Å²) in [5.41, 5.74) is 0.865. The number of hydrogen-bond donors (Lipinski definition) is 1. The van der Waals surface area contributed by atoms with Gasteiger partial charge in [0.05, 0.1) is 0 Å². The van der Waals surface area contributed by atoms with Crippen molar-refractivity contribution >= 4 is 35.8 Å². The zero-order valence-corrected chi connectivity index (χ0v) is 16.6. The standard InChI is InChI=1S/C17H25FN4O.HI/c1-3-19-17(20-12-16(23)22-9-4-5-10-22)21(2)13-14-7-6-8-15(18)11-14;/h6-8,11H,3-5,9-10,12-13H2,1-2H3,(H,19,20);1H. The second-order valence-electron chi connectivity index (χ2n) is 5.74. The Morgan fingerprint density at radius 3 is 2.71 bits per heavy atom. The largest absolute Gasteiger partial charge is 0.357 e. The summed E-state index contributed by atoms with van der Waals surface area (Å²) in [5, 5.41) is 3.17. The Kier molecular flexibility index (Phi) is 9.02. The fourth-order valence-electron chi connectivity index (χ4n) is 2.66. The van der Waals surface area contributed by atoms with Gasteiger partial charge in [0.25, 0.3) is 0 Å². The van der Waals surface area contributed by atoms with E-state index in [1.165, 1.54) is 12.1 Å². The molecule has 5 nitrogen and oxygen atoms in total. The Hall–Kier alpha value is -1.38. The third kappa shape index (κ3) is 6.26. The second kappa shape index (κ2) is 10.5. The molecule has 0 radical (unpaired) electrons. The SMILES string of the molecule is CCNC(=NCC(=O)N1CCCC1)N(C)Cc1cccc(F)c1.I. The molecule has 0 unspecified atom stereocenters. The highest BCUT2D eigenvalue weighted by Crippen LogP contribution is 2.08. The van der Waals surface area contributed by atoms with Gasteiger partial charge in [-0.25, -0.2) is 9.38 Å². The lowest BCUT2D eigenvalue weighted by Crippen LogP contribution is -2.39. The number of halogens is 2. The van der Waals surface area contributed by atoms with Crippen LogP contribution in [0.3, 0.4) is 0 Å². The minimum Gasteiger partial charge on any atom is -0.357 e. The van der Waals surface area contributed by atoms with Gasteiger partial charge < -0.3 is 15.1 Å². The van der Waals surface area contributed by atoms with Crippen molar-refractivity contribution < 1.29 is 9.18 Å². The van der Waals surface area contributed by atoms with Crippen LogP contribution >= 0.6 is 24.0 Å². The zero-order valence-electron chi connectivity index (χ0n) is 14.3. The van der Waals surface area contributed by atoms with Gasteiger partial charge in [0.15, 0.2) is 5.96 Å². The average Bonchev–Trinajstić information content (AvgIpc) is 3.05. The summed E-state index contributed by atoms with van der Waals surface area (Å²) in [5.74, 6) is 0.475. The van der Waals surface area contributed by atoms with Crippen molar-refractivity contribution in [3.63, 3.8) is 0 Å². The van der Waals surface area contributed by atoms with E-state index in [-0.39, 0.29) is 42.2 Å². The van der Waals surface area contributed by atoms with Gasteiger partial charge in [-0.1, -0.05) is 12.1 Å². The highest BCUT2D eigenvalue weighted by Gasteiger charge is 2.17. The molecule has 1 N–H and O–H groups in total. The van der Waals surface area contributed by atoms with Gasteiger partial charge in [-0.15, -0.1) is 24.0 Å². The molecule has 0 saturated carbocycles. The van der Waals surface area contributed by atoms with E-state index in [2.05, 4.69) is 10.3 Å². The maximum absolute atomic E-state index is 13.3. The van der Waals surface area contributed by atoms with E-state index in [0.29, 0.717) is 19.0 Å². The summed E-state index contributed by atoms with van der Waals surface area (Å²) in [4.78, 5) is 20.3. The van der Waals surface area contributed by atoms with Crippen LogP contribution in [0.2, 0.25) is 0 Å². The first kappa shape index (κ1) is 20.7. The number of nitrogens with zero attached hydrogens (tertiary/aromatic N) is 3. The van der Waals surface area contributed by atoms with Crippen LogP contribution in [0.4, 0.5) is 4.39 Å². The molecule has 1 amide bonds. The van der Waals surface area contributed by atoms with Crippen LogP contribution in [0.15, 0.2) is 29.3 Å². The zero-order chi connectivity index (χ0) is 16.7. The third-order valence-corrected chi connectivity index (χ3v) is 3.83. The minimum atomic E-state index is -0.248. The summed E-state index contributed by atoms with van der Waals surface area (Å²) in [6.07, 6.45) is 2.16. The van der Waals surface area contributed by atoms with Gasteiger partial charge in [-0.2, -0.15) is 0 Å². The molecule has 0 atom stereocenters. The number of aliphatic imine (C=N–C) groups is 1. The Morgan fingerprint density at radius 1 is 1.38 bits per heavy atom. The maximum Gasteiger partial charge on any atom is 0.244 e. The molecule has 0 aliphatic carbocycles. The first-order chi connectivity index (χ1) is 11.1. The molecule has 1 aliphatic rings. The highest BCUT2D eigenvalue weighted by molar-refractivity contribution is 14.0.